The molecule has 2 aromatic rings. The van der Waals surface area contributed by atoms with Crippen LogP contribution in [0.1, 0.15) is 72.1 Å². The molecule has 4 amide bonds. The minimum absolute atomic E-state index is 0.0253. The number of nitrogens with one attached hydrogen (secondary N) is 3. The van der Waals surface area contributed by atoms with Gasteiger partial charge >= 0.3 is 16.4 Å². The van der Waals surface area contributed by atoms with Crippen molar-refractivity contribution < 1.29 is 46.0 Å². The zero-order chi connectivity index (χ0) is 38.3. The number of aromatic nitrogens is 1. The largest absolute Gasteiger partial charge is 0.495 e. The van der Waals surface area contributed by atoms with Crippen LogP contribution in [0.2, 0.25) is 5.02 Å². The van der Waals surface area contributed by atoms with E-state index in [4.69, 9.17) is 30.0 Å². The molecule has 1 saturated heterocycles. The van der Waals surface area contributed by atoms with Crippen LogP contribution in [0.25, 0.3) is 10.8 Å². The van der Waals surface area contributed by atoms with Gasteiger partial charge in [-0.1, -0.05) is 38.4 Å². The number of likely N-dealkylation sites (tertiary alicyclic amines) is 1. The fraction of sp³-hybridized carbons (Fsp3) is 0.583. The van der Waals surface area contributed by atoms with E-state index in [1.165, 1.54) is 24.3 Å². The predicted molar refractivity (Wildman–Crippen MR) is 193 cm³/mol. The van der Waals surface area contributed by atoms with Gasteiger partial charge in [0.25, 0.3) is 5.91 Å². The van der Waals surface area contributed by atoms with Gasteiger partial charge in [-0.2, -0.15) is 8.42 Å². The van der Waals surface area contributed by atoms with Gasteiger partial charge in [-0.25, -0.2) is 14.5 Å². The fourth-order valence-electron chi connectivity index (χ4n) is 6.99. The minimum Gasteiger partial charge on any atom is -0.495 e. The van der Waals surface area contributed by atoms with Crippen LogP contribution < -0.4 is 24.8 Å². The average Bonchev–Trinajstić information content (AvgIpc) is 3.92. The SMILES string of the molecule is C=CC1CC1(NC(=O)C1CC(Oc2nccc3c(Cl)c(OC)ccc23)CN1C(=O)C(NC(=O)OC1CCCC1)C(C)(C)C)C(=O)NS(=O)(=O)OC1CC1. The van der Waals surface area contributed by atoms with Crippen LogP contribution in [-0.4, -0.2) is 91.7 Å². The zero-order valence-electron chi connectivity index (χ0n) is 30.2. The van der Waals surface area contributed by atoms with Crippen molar-refractivity contribution in [3.8, 4) is 11.6 Å². The number of hydrogen-bond acceptors (Lipinski definition) is 11. The van der Waals surface area contributed by atoms with Crippen LogP contribution in [0.5, 0.6) is 11.6 Å². The van der Waals surface area contributed by atoms with Gasteiger partial charge in [0, 0.05) is 29.3 Å². The Hall–Kier alpha value is -4.15. The van der Waals surface area contributed by atoms with Crippen molar-refractivity contribution in [1.29, 1.82) is 0 Å². The quantitative estimate of drug-likeness (QED) is 0.250. The minimum atomic E-state index is -4.43. The normalized spacial score (nSPS) is 25.0. The molecule has 288 valence electrons. The van der Waals surface area contributed by atoms with E-state index >= 15 is 0 Å². The number of carbonyl (C=O) groups is 4. The first-order chi connectivity index (χ1) is 25.0. The lowest BCUT2D eigenvalue weighted by molar-refractivity contribution is -0.143. The Kier molecular flexibility index (Phi) is 10.9. The van der Waals surface area contributed by atoms with Gasteiger partial charge in [0.1, 0.15) is 35.6 Å². The molecule has 0 bridgehead atoms. The van der Waals surface area contributed by atoms with Crippen LogP contribution in [0.3, 0.4) is 0 Å². The summed E-state index contributed by atoms with van der Waals surface area (Å²) in [6.07, 6.45) is 5.27. The van der Waals surface area contributed by atoms with E-state index in [9.17, 15) is 27.6 Å². The summed E-state index contributed by atoms with van der Waals surface area (Å²) in [6.45, 7) is 9.01. The first-order valence-electron chi connectivity index (χ1n) is 17.8. The fourth-order valence-corrected chi connectivity index (χ4v) is 8.30. The van der Waals surface area contributed by atoms with Gasteiger partial charge in [0.2, 0.25) is 17.7 Å². The molecule has 17 heteroatoms. The number of amides is 4. The maximum Gasteiger partial charge on any atom is 0.408 e. The highest BCUT2D eigenvalue weighted by Crippen LogP contribution is 2.45. The molecule has 0 radical (unpaired) electrons. The molecule has 1 aliphatic heterocycles. The lowest BCUT2D eigenvalue weighted by Gasteiger charge is -2.35. The van der Waals surface area contributed by atoms with E-state index in [2.05, 4.69) is 22.2 Å². The number of nitrogens with zero attached hydrogens (tertiary/aromatic N) is 2. The first-order valence-corrected chi connectivity index (χ1v) is 19.6. The highest BCUT2D eigenvalue weighted by Gasteiger charge is 2.62. The number of carbonyl (C=O) groups excluding carboxylic acids is 4. The summed E-state index contributed by atoms with van der Waals surface area (Å²) in [4.78, 5) is 61.0. The Morgan fingerprint density at radius 2 is 1.77 bits per heavy atom. The molecule has 4 aliphatic rings. The van der Waals surface area contributed by atoms with Crippen LogP contribution in [-0.2, 0) is 33.6 Å². The van der Waals surface area contributed by atoms with Crippen molar-refractivity contribution in [3.63, 3.8) is 0 Å². The number of alkyl carbamates (subject to hydrolysis) is 1. The van der Waals surface area contributed by atoms with Crippen LogP contribution in [0, 0.1) is 11.3 Å². The Morgan fingerprint density at radius 1 is 1.06 bits per heavy atom. The molecule has 3 saturated carbocycles. The maximum absolute atomic E-state index is 14.5. The topological polar surface area (TPSA) is 192 Å². The van der Waals surface area contributed by atoms with Crippen molar-refractivity contribution in [2.45, 2.75) is 108 Å². The third kappa shape index (κ3) is 8.49. The molecule has 6 rings (SSSR count). The van der Waals surface area contributed by atoms with E-state index in [-0.39, 0.29) is 31.4 Å². The van der Waals surface area contributed by atoms with E-state index in [1.54, 1.807) is 39.0 Å². The molecule has 53 heavy (non-hydrogen) atoms. The van der Waals surface area contributed by atoms with Crippen LogP contribution >= 0.6 is 11.6 Å². The number of halogens is 1. The van der Waals surface area contributed by atoms with Crippen molar-refractivity contribution in [2.24, 2.45) is 11.3 Å². The average molecular weight is 776 g/mol. The molecule has 2 heterocycles. The molecular weight excluding hydrogens is 730 g/mol. The number of ether oxygens (including phenoxy) is 3. The molecule has 3 N–H and O–H groups in total. The molecule has 4 fully saturated rings. The smallest absolute Gasteiger partial charge is 0.408 e. The second kappa shape index (κ2) is 14.9. The highest BCUT2D eigenvalue weighted by atomic mass is 35.5. The molecule has 1 aromatic carbocycles. The molecular formula is C36H46ClN5O10S. The maximum atomic E-state index is 14.5. The molecule has 0 spiro atoms. The van der Waals surface area contributed by atoms with Crippen molar-refractivity contribution in [2.75, 3.05) is 13.7 Å². The zero-order valence-corrected chi connectivity index (χ0v) is 31.8. The number of benzene rings is 1. The summed E-state index contributed by atoms with van der Waals surface area (Å²) in [7, 11) is -2.93. The van der Waals surface area contributed by atoms with Gasteiger partial charge in [-0.3, -0.25) is 18.6 Å². The lowest BCUT2D eigenvalue weighted by atomic mass is 9.85. The monoisotopic (exact) mass is 775 g/mol. The summed E-state index contributed by atoms with van der Waals surface area (Å²) in [5.74, 6) is -2.18. The number of hydrogen-bond donors (Lipinski definition) is 3. The first kappa shape index (κ1) is 38.6. The second-order valence-electron chi connectivity index (χ2n) is 15.2. The molecule has 3 aliphatic carbocycles. The van der Waals surface area contributed by atoms with Crippen molar-refractivity contribution in [1.82, 2.24) is 25.2 Å². The van der Waals surface area contributed by atoms with Crippen LogP contribution in [0.4, 0.5) is 4.79 Å². The van der Waals surface area contributed by atoms with Crippen molar-refractivity contribution in [3.05, 3.63) is 42.1 Å². The van der Waals surface area contributed by atoms with Gasteiger partial charge in [-0.15, -0.1) is 6.58 Å². The number of pyridine rings is 1. The standard InChI is InChI=1S/C36H46ClN5O10S/c1-6-20-18-36(20,33(45)41-53(47,48)52-22-11-12-22)40-30(43)26-17-23(50-31-25-13-14-27(49-5)28(37)24(25)15-16-38-31)19-42(26)32(44)29(35(2,3)4)39-34(46)51-21-9-7-8-10-21/h6,13-16,20-23,26,29H,1,7-12,17-19H2,2-5H3,(H,39,46)(H,40,43)(H,41,45). The lowest BCUT2D eigenvalue weighted by Crippen LogP contribution is -2.60. The summed E-state index contributed by atoms with van der Waals surface area (Å²) < 4.78 is 49.4. The molecule has 1 aromatic heterocycles. The third-order valence-corrected chi connectivity index (χ3v) is 11.5. The molecule has 5 unspecified atom stereocenters. The number of fused-ring (bicyclic) bond motifs is 1. The Labute approximate surface area is 313 Å². The Balaban J connectivity index is 1.27. The molecule has 15 nitrogen and oxygen atoms in total. The molecule has 5 atom stereocenters. The van der Waals surface area contributed by atoms with Crippen LogP contribution in [0.15, 0.2) is 37.1 Å². The highest BCUT2D eigenvalue weighted by molar-refractivity contribution is 7.85. The van der Waals surface area contributed by atoms with E-state index in [0.717, 1.165) is 25.7 Å². The van der Waals surface area contributed by atoms with Crippen molar-refractivity contribution >= 4 is 56.5 Å². The van der Waals surface area contributed by atoms with Gasteiger partial charge < -0.3 is 29.7 Å². The van der Waals surface area contributed by atoms with Gasteiger partial charge in [0.05, 0.1) is 24.8 Å². The third-order valence-electron chi connectivity index (χ3n) is 10.2. The summed E-state index contributed by atoms with van der Waals surface area (Å²) >= 11 is 6.57. The van der Waals surface area contributed by atoms with Gasteiger partial charge in [0.15, 0.2) is 0 Å². The second-order valence-corrected chi connectivity index (χ2v) is 16.9. The Morgan fingerprint density at radius 3 is 2.40 bits per heavy atom. The van der Waals surface area contributed by atoms with E-state index < -0.39 is 75.3 Å². The summed E-state index contributed by atoms with van der Waals surface area (Å²) in [5.41, 5.74) is -2.47. The van der Waals surface area contributed by atoms with E-state index in [0.29, 0.717) is 34.4 Å². The number of rotatable bonds is 13. The van der Waals surface area contributed by atoms with E-state index in [1.807, 2.05) is 4.72 Å². The Bertz CT molecular complexity index is 1890. The predicted octanol–water partition coefficient (Wildman–Crippen LogP) is 3.93. The summed E-state index contributed by atoms with van der Waals surface area (Å²) in [6, 6.07) is 2.82. The summed E-state index contributed by atoms with van der Waals surface area (Å²) in [5, 5.41) is 7.03. The van der Waals surface area contributed by atoms with Gasteiger partial charge in [-0.05, 0) is 68.6 Å². The number of methoxy groups -OCH3 is 1.